The Balaban J connectivity index is 1.42. The van der Waals surface area contributed by atoms with Gasteiger partial charge < -0.3 is 9.47 Å². The molecule has 0 aromatic heterocycles. The molecule has 0 N–H and O–H groups in total. The van der Waals surface area contributed by atoms with Gasteiger partial charge in [0.15, 0.2) is 6.23 Å². The molecule has 0 saturated carbocycles. The van der Waals surface area contributed by atoms with Crippen molar-refractivity contribution in [3.63, 3.8) is 0 Å². The molecule has 138 valence electrons. The van der Waals surface area contributed by atoms with Crippen molar-refractivity contribution in [3.05, 3.63) is 30.3 Å². The second-order valence-corrected chi connectivity index (χ2v) is 6.68. The van der Waals surface area contributed by atoms with Crippen molar-refractivity contribution in [1.29, 1.82) is 0 Å². The quantitative estimate of drug-likeness (QED) is 0.699. The second kappa shape index (κ2) is 9.17. The number of piperazine rings is 1. The van der Waals surface area contributed by atoms with Gasteiger partial charge in [-0.2, -0.15) is 0 Å². The molecule has 2 fully saturated rings. The number of ether oxygens (including phenoxy) is 2. The summed E-state index contributed by atoms with van der Waals surface area (Å²) >= 11 is 0. The largest absolute Gasteiger partial charge is 0.475 e. The van der Waals surface area contributed by atoms with Gasteiger partial charge in [0.2, 0.25) is 0 Å². The number of rotatable bonds is 7. The number of likely N-dealkylation sites (tertiary alicyclic amines) is 1. The highest BCUT2D eigenvalue weighted by Gasteiger charge is 2.29. The number of carbonyl (C=O) groups excluding carboxylic acids is 1. The van der Waals surface area contributed by atoms with Gasteiger partial charge in [0, 0.05) is 32.7 Å². The summed E-state index contributed by atoms with van der Waals surface area (Å²) in [5.41, 5.74) is 0. The molecule has 2 aliphatic rings. The topological polar surface area (TPSA) is 45.2 Å². The molecule has 1 atom stereocenters. The van der Waals surface area contributed by atoms with Crippen molar-refractivity contribution in [3.8, 4) is 5.75 Å². The zero-order chi connectivity index (χ0) is 17.5. The fourth-order valence-electron chi connectivity index (χ4n) is 3.48. The highest BCUT2D eigenvalue weighted by molar-refractivity contribution is 5.71. The molecule has 0 spiro atoms. The van der Waals surface area contributed by atoms with Gasteiger partial charge in [-0.15, -0.1) is 0 Å². The Bertz CT molecular complexity index is 532. The van der Waals surface area contributed by atoms with Crippen LogP contribution in [0.2, 0.25) is 0 Å². The van der Waals surface area contributed by atoms with Crippen LogP contribution in [0.15, 0.2) is 30.3 Å². The lowest BCUT2D eigenvalue weighted by Crippen LogP contribution is -2.52. The molecule has 2 aliphatic heterocycles. The zero-order valence-corrected chi connectivity index (χ0v) is 15.1. The van der Waals surface area contributed by atoms with Gasteiger partial charge in [-0.1, -0.05) is 18.2 Å². The SMILES string of the molecule is CCOC(=O)CN1CCN(CN2CCCC2Oc2ccccc2)CC1. The Morgan fingerprint density at radius 1 is 1.08 bits per heavy atom. The van der Waals surface area contributed by atoms with E-state index in [1.807, 2.05) is 37.3 Å². The van der Waals surface area contributed by atoms with Gasteiger partial charge in [-0.05, 0) is 31.9 Å². The second-order valence-electron chi connectivity index (χ2n) is 6.68. The van der Waals surface area contributed by atoms with Crippen LogP contribution in [-0.4, -0.2) is 79.4 Å². The first kappa shape index (κ1) is 18.2. The van der Waals surface area contributed by atoms with E-state index in [9.17, 15) is 4.79 Å². The van der Waals surface area contributed by atoms with Crippen LogP contribution in [0.5, 0.6) is 5.75 Å². The Hall–Kier alpha value is -1.63. The molecule has 6 nitrogen and oxygen atoms in total. The molecule has 1 aromatic carbocycles. The molecule has 0 amide bonds. The minimum atomic E-state index is -0.119. The third-order valence-electron chi connectivity index (χ3n) is 4.82. The summed E-state index contributed by atoms with van der Waals surface area (Å²) in [6.07, 6.45) is 2.43. The smallest absolute Gasteiger partial charge is 0.320 e. The van der Waals surface area contributed by atoms with Crippen molar-refractivity contribution < 1.29 is 14.3 Å². The summed E-state index contributed by atoms with van der Waals surface area (Å²) < 4.78 is 11.2. The molecule has 0 radical (unpaired) electrons. The average molecular weight is 347 g/mol. The Kier molecular flexibility index (Phi) is 6.67. The van der Waals surface area contributed by atoms with Crippen LogP contribution in [0.1, 0.15) is 19.8 Å². The number of nitrogens with zero attached hydrogens (tertiary/aromatic N) is 3. The molecule has 3 rings (SSSR count). The number of hydrogen-bond acceptors (Lipinski definition) is 6. The van der Waals surface area contributed by atoms with E-state index in [-0.39, 0.29) is 12.2 Å². The normalized spacial score (nSPS) is 22.8. The van der Waals surface area contributed by atoms with E-state index in [4.69, 9.17) is 9.47 Å². The fraction of sp³-hybridized carbons (Fsp3) is 0.632. The van der Waals surface area contributed by atoms with Gasteiger partial charge in [-0.25, -0.2) is 0 Å². The van der Waals surface area contributed by atoms with E-state index in [2.05, 4.69) is 14.7 Å². The van der Waals surface area contributed by atoms with Gasteiger partial charge in [0.25, 0.3) is 0 Å². The highest BCUT2D eigenvalue weighted by Crippen LogP contribution is 2.22. The number of hydrogen-bond donors (Lipinski definition) is 0. The van der Waals surface area contributed by atoms with Crippen LogP contribution in [-0.2, 0) is 9.53 Å². The van der Waals surface area contributed by atoms with Crippen LogP contribution in [0.25, 0.3) is 0 Å². The third kappa shape index (κ3) is 5.42. The summed E-state index contributed by atoms with van der Waals surface area (Å²) in [6.45, 7) is 8.52. The lowest BCUT2D eigenvalue weighted by molar-refractivity contribution is -0.144. The van der Waals surface area contributed by atoms with Crippen molar-refractivity contribution in [2.45, 2.75) is 26.0 Å². The van der Waals surface area contributed by atoms with E-state index < -0.39 is 0 Å². The molecular weight excluding hydrogens is 318 g/mol. The van der Waals surface area contributed by atoms with Crippen LogP contribution in [0.4, 0.5) is 0 Å². The molecule has 1 unspecified atom stereocenters. The van der Waals surface area contributed by atoms with Gasteiger partial charge in [0.1, 0.15) is 5.75 Å². The Morgan fingerprint density at radius 3 is 2.52 bits per heavy atom. The molecular formula is C19H29N3O3. The van der Waals surface area contributed by atoms with Crippen molar-refractivity contribution in [2.24, 2.45) is 0 Å². The maximum atomic E-state index is 11.6. The fourth-order valence-corrected chi connectivity index (χ4v) is 3.48. The maximum Gasteiger partial charge on any atom is 0.320 e. The predicted molar refractivity (Wildman–Crippen MR) is 96.3 cm³/mol. The van der Waals surface area contributed by atoms with Gasteiger partial charge in [0.05, 0.1) is 19.8 Å². The Labute approximate surface area is 150 Å². The molecule has 25 heavy (non-hydrogen) atoms. The molecule has 2 heterocycles. The summed E-state index contributed by atoms with van der Waals surface area (Å²) in [6, 6.07) is 10.1. The lowest BCUT2D eigenvalue weighted by atomic mass is 10.3. The highest BCUT2D eigenvalue weighted by atomic mass is 16.5. The zero-order valence-electron chi connectivity index (χ0n) is 15.1. The number of carbonyl (C=O) groups is 1. The van der Waals surface area contributed by atoms with E-state index in [0.717, 1.165) is 51.6 Å². The van der Waals surface area contributed by atoms with Crippen molar-refractivity contribution >= 4 is 5.97 Å². The number of benzene rings is 1. The Morgan fingerprint density at radius 2 is 1.80 bits per heavy atom. The molecule has 0 bridgehead atoms. The average Bonchev–Trinajstić information content (AvgIpc) is 3.04. The number of para-hydroxylation sites is 1. The van der Waals surface area contributed by atoms with E-state index in [1.54, 1.807) is 0 Å². The van der Waals surface area contributed by atoms with E-state index >= 15 is 0 Å². The summed E-state index contributed by atoms with van der Waals surface area (Å²) in [5.74, 6) is 0.825. The predicted octanol–water partition coefficient (Wildman–Crippen LogP) is 1.63. The van der Waals surface area contributed by atoms with Crippen LogP contribution in [0, 0.1) is 0 Å². The van der Waals surface area contributed by atoms with Crippen LogP contribution < -0.4 is 4.74 Å². The van der Waals surface area contributed by atoms with Crippen molar-refractivity contribution in [2.75, 3.05) is 52.5 Å². The number of esters is 1. The lowest BCUT2D eigenvalue weighted by Gasteiger charge is -2.37. The van der Waals surface area contributed by atoms with Crippen molar-refractivity contribution in [1.82, 2.24) is 14.7 Å². The molecule has 0 aliphatic carbocycles. The van der Waals surface area contributed by atoms with Gasteiger partial charge in [-0.3, -0.25) is 19.5 Å². The molecule has 1 aromatic rings. The molecule has 2 saturated heterocycles. The maximum absolute atomic E-state index is 11.6. The minimum absolute atomic E-state index is 0.119. The minimum Gasteiger partial charge on any atom is -0.475 e. The molecule has 6 heteroatoms. The summed E-state index contributed by atoms with van der Waals surface area (Å²) in [5, 5.41) is 0. The van der Waals surface area contributed by atoms with E-state index in [0.29, 0.717) is 13.2 Å². The van der Waals surface area contributed by atoms with E-state index in [1.165, 1.54) is 6.42 Å². The third-order valence-corrected chi connectivity index (χ3v) is 4.82. The van der Waals surface area contributed by atoms with Gasteiger partial charge >= 0.3 is 5.97 Å². The standard InChI is InChI=1S/C19H29N3O3/c1-2-24-19(23)15-20-11-13-21(14-12-20)16-22-10-6-9-18(22)25-17-7-4-3-5-8-17/h3-5,7-8,18H,2,6,9-16H2,1H3. The van der Waals surface area contributed by atoms with Crippen LogP contribution >= 0.6 is 0 Å². The first-order valence-corrected chi connectivity index (χ1v) is 9.30. The first-order valence-electron chi connectivity index (χ1n) is 9.30. The monoisotopic (exact) mass is 347 g/mol. The summed E-state index contributed by atoms with van der Waals surface area (Å²) in [4.78, 5) is 18.6. The summed E-state index contributed by atoms with van der Waals surface area (Å²) in [7, 11) is 0. The van der Waals surface area contributed by atoms with Crippen LogP contribution in [0.3, 0.4) is 0 Å². The first-order chi connectivity index (χ1) is 12.2.